The molecule has 0 spiro atoms. The summed E-state index contributed by atoms with van der Waals surface area (Å²) in [5.74, 6) is 0. The molecule has 0 aromatic heterocycles. The van der Waals surface area contributed by atoms with E-state index in [-0.39, 0.29) is 0 Å². The number of rotatable bonds is 11. The van der Waals surface area contributed by atoms with Gasteiger partial charge in [-0.3, -0.25) is 0 Å². The Morgan fingerprint density at radius 2 is 1.67 bits per heavy atom. The molecular formula is C16H28O2. The molecule has 1 atom stereocenters. The first-order valence-electron chi connectivity index (χ1n) is 7.13. The number of aliphatic hydroxyl groups excluding tert-OH is 1. The highest BCUT2D eigenvalue weighted by Crippen LogP contribution is 2.01. The third-order valence-corrected chi connectivity index (χ3v) is 2.54. The van der Waals surface area contributed by atoms with E-state index in [4.69, 9.17) is 4.74 Å². The maximum absolute atomic E-state index is 9.46. The van der Waals surface area contributed by atoms with Gasteiger partial charge in [-0.25, -0.2) is 0 Å². The molecule has 1 N–H and O–H groups in total. The van der Waals surface area contributed by atoms with E-state index in [2.05, 4.69) is 19.9 Å². The molecule has 0 rings (SSSR count). The quantitative estimate of drug-likeness (QED) is 0.189. The van der Waals surface area contributed by atoms with Crippen molar-refractivity contribution in [3.63, 3.8) is 0 Å². The molecule has 104 valence electrons. The van der Waals surface area contributed by atoms with E-state index in [1.165, 1.54) is 38.4 Å². The lowest BCUT2D eigenvalue weighted by molar-refractivity contribution is -0.0112. The molecule has 0 aromatic carbocycles. The molecule has 0 fully saturated rings. The Hall–Kier alpha value is -1.02. The zero-order valence-electron chi connectivity index (χ0n) is 11.8. The Kier molecular flexibility index (Phi) is 13.2. The molecule has 2 nitrogen and oxygen atoms in total. The highest BCUT2D eigenvalue weighted by molar-refractivity contribution is 5.00. The van der Waals surface area contributed by atoms with E-state index in [1.807, 2.05) is 18.2 Å². The number of aliphatic hydroxyl groups is 1. The fourth-order valence-corrected chi connectivity index (χ4v) is 1.44. The van der Waals surface area contributed by atoms with Gasteiger partial charge in [-0.2, -0.15) is 0 Å². The summed E-state index contributed by atoms with van der Waals surface area (Å²) in [4.78, 5) is 0. The highest BCUT2D eigenvalue weighted by atomic mass is 16.6. The van der Waals surface area contributed by atoms with Gasteiger partial charge >= 0.3 is 0 Å². The average molecular weight is 252 g/mol. The van der Waals surface area contributed by atoms with Crippen molar-refractivity contribution in [3.8, 4) is 0 Å². The third kappa shape index (κ3) is 13.0. The molecule has 0 saturated heterocycles. The number of ether oxygens (including phenoxy) is 1. The molecule has 1 unspecified atom stereocenters. The summed E-state index contributed by atoms with van der Waals surface area (Å²) < 4.78 is 5.09. The minimum atomic E-state index is -0.827. The lowest BCUT2D eigenvalue weighted by Gasteiger charge is -2.03. The van der Waals surface area contributed by atoms with Crippen molar-refractivity contribution in [1.29, 1.82) is 0 Å². The summed E-state index contributed by atoms with van der Waals surface area (Å²) in [6, 6.07) is 0. The van der Waals surface area contributed by atoms with Gasteiger partial charge in [0, 0.05) is 0 Å². The molecule has 0 radical (unpaired) electrons. The smallest absolute Gasteiger partial charge is 0.216 e. The molecule has 0 saturated carbocycles. The van der Waals surface area contributed by atoms with Gasteiger partial charge in [0.05, 0.1) is 6.26 Å². The van der Waals surface area contributed by atoms with Crippen molar-refractivity contribution in [2.24, 2.45) is 0 Å². The molecule has 0 aliphatic heterocycles. The summed E-state index contributed by atoms with van der Waals surface area (Å²) in [7, 11) is 0. The van der Waals surface area contributed by atoms with Gasteiger partial charge in [-0.15, -0.1) is 0 Å². The van der Waals surface area contributed by atoms with Gasteiger partial charge in [-0.1, -0.05) is 57.8 Å². The summed E-state index contributed by atoms with van der Waals surface area (Å²) in [5, 5.41) is 9.46. The largest absolute Gasteiger partial charge is 0.469 e. The molecule has 2 heteroatoms. The van der Waals surface area contributed by atoms with Gasteiger partial charge in [0.2, 0.25) is 6.29 Å². The van der Waals surface area contributed by atoms with E-state index >= 15 is 0 Å². The standard InChI is InChI=1S/C16H28O2/c1-3-5-7-9-11-13-15-18-16(17)14-12-10-8-6-4-2/h9,11-17H,3-8,10H2,1-2H3. The lowest BCUT2D eigenvalue weighted by Crippen LogP contribution is -2.02. The Balaban J connectivity index is 3.53. The molecule has 0 aliphatic rings. The molecule has 0 heterocycles. The second kappa shape index (κ2) is 14.0. The van der Waals surface area contributed by atoms with Crippen LogP contribution in [-0.4, -0.2) is 11.4 Å². The van der Waals surface area contributed by atoms with Crippen molar-refractivity contribution in [2.75, 3.05) is 0 Å². The Labute approximate surface area is 112 Å². The van der Waals surface area contributed by atoms with Crippen molar-refractivity contribution in [2.45, 2.75) is 65.1 Å². The predicted octanol–water partition coefficient (Wildman–Crippen LogP) is 4.72. The summed E-state index contributed by atoms with van der Waals surface area (Å²) in [6.07, 6.45) is 18.4. The number of hydrogen-bond acceptors (Lipinski definition) is 2. The molecule has 0 aliphatic carbocycles. The van der Waals surface area contributed by atoms with Gasteiger partial charge in [0.1, 0.15) is 0 Å². The topological polar surface area (TPSA) is 29.5 Å². The number of allylic oxidation sites excluding steroid dienone is 4. The van der Waals surface area contributed by atoms with Crippen LogP contribution < -0.4 is 0 Å². The van der Waals surface area contributed by atoms with E-state index in [0.29, 0.717) is 0 Å². The van der Waals surface area contributed by atoms with Gasteiger partial charge < -0.3 is 9.84 Å². The van der Waals surface area contributed by atoms with Crippen LogP contribution in [0.1, 0.15) is 58.8 Å². The Bertz CT molecular complexity index is 241. The van der Waals surface area contributed by atoms with Crippen LogP contribution >= 0.6 is 0 Å². The van der Waals surface area contributed by atoms with Crippen molar-refractivity contribution >= 4 is 0 Å². The maximum Gasteiger partial charge on any atom is 0.216 e. The van der Waals surface area contributed by atoms with Crippen LogP contribution in [0.4, 0.5) is 0 Å². The number of unbranched alkanes of at least 4 members (excludes halogenated alkanes) is 5. The monoisotopic (exact) mass is 252 g/mol. The molecule has 0 aromatic rings. The summed E-state index contributed by atoms with van der Waals surface area (Å²) >= 11 is 0. The van der Waals surface area contributed by atoms with Crippen LogP contribution in [0.2, 0.25) is 0 Å². The van der Waals surface area contributed by atoms with E-state index in [0.717, 1.165) is 12.8 Å². The van der Waals surface area contributed by atoms with E-state index < -0.39 is 6.29 Å². The fraction of sp³-hybridized carbons (Fsp3) is 0.625. The first-order valence-corrected chi connectivity index (χ1v) is 7.13. The molecular weight excluding hydrogens is 224 g/mol. The minimum absolute atomic E-state index is 0.827. The second-order valence-corrected chi connectivity index (χ2v) is 4.35. The Morgan fingerprint density at radius 1 is 0.944 bits per heavy atom. The highest BCUT2D eigenvalue weighted by Gasteiger charge is 1.93. The Morgan fingerprint density at radius 3 is 2.39 bits per heavy atom. The van der Waals surface area contributed by atoms with Crippen LogP contribution in [0.5, 0.6) is 0 Å². The van der Waals surface area contributed by atoms with Crippen molar-refractivity contribution in [1.82, 2.24) is 0 Å². The lowest BCUT2D eigenvalue weighted by atomic mass is 10.2. The third-order valence-electron chi connectivity index (χ3n) is 2.54. The first kappa shape index (κ1) is 17.0. The number of hydrogen-bond donors (Lipinski definition) is 1. The molecule has 0 amide bonds. The zero-order valence-corrected chi connectivity index (χ0v) is 11.8. The summed E-state index contributed by atoms with van der Waals surface area (Å²) in [6.45, 7) is 4.36. The van der Waals surface area contributed by atoms with E-state index in [9.17, 15) is 5.11 Å². The van der Waals surface area contributed by atoms with Crippen LogP contribution in [0.25, 0.3) is 0 Å². The van der Waals surface area contributed by atoms with Gasteiger partial charge in [0.15, 0.2) is 0 Å². The van der Waals surface area contributed by atoms with Crippen LogP contribution in [0.15, 0.2) is 36.6 Å². The summed E-state index contributed by atoms with van der Waals surface area (Å²) in [5.41, 5.74) is 0. The molecule has 0 bridgehead atoms. The molecule has 18 heavy (non-hydrogen) atoms. The minimum Gasteiger partial charge on any atom is -0.469 e. The average Bonchev–Trinajstić information content (AvgIpc) is 2.37. The van der Waals surface area contributed by atoms with E-state index in [1.54, 1.807) is 6.08 Å². The maximum atomic E-state index is 9.46. The zero-order chi connectivity index (χ0) is 13.5. The second-order valence-electron chi connectivity index (χ2n) is 4.35. The SMILES string of the molecule is CCCCC=CC=COC(O)C=CCCCCC. The predicted molar refractivity (Wildman–Crippen MR) is 78.2 cm³/mol. The van der Waals surface area contributed by atoms with Crippen LogP contribution in [-0.2, 0) is 4.74 Å². The fourth-order valence-electron chi connectivity index (χ4n) is 1.44. The van der Waals surface area contributed by atoms with Crippen LogP contribution in [0.3, 0.4) is 0 Å². The van der Waals surface area contributed by atoms with Crippen molar-refractivity contribution in [3.05, 3.63) is 36.6 Å². The van der Waals surface area contributed by atoms with Crippen molar-refractivity contribution < 1.29 is 9.84 Å². The van der Waals surface area contributed by atoms with Gasteiger partial charge in [0.25, 0.3) is 0 Å². The van der Waals surface area contributed by atoms with Gasteiger partial charge in [-0.05, 0) is 31.4 Å². The first-order chi connectivity index (χ1) is 8.81. The normalized spacial score (nSPS) is 13.9. The van der Waals surface area contributed by atoms with Crippen LogP contribution in [0, 0.1) is 0 Å².